The second kappa shape index (κ2) is 6.44. The SMILES string of the molecule is CCNC(C1=CCCCC1)c1ccccc1C(F)(F)F. The highest BCUT2D eigenvalue weighted by Crippen LogP contribution is 2.38. The number of nitrogens with one attached hydrogen (secondary N) is 1. The topological polar surface area (TPSA) is 12.0 Å². The number of rotatable bonds is 4. The lowest BCUT2D eigenvalue weighted by Gasteiger charge is -2.27. The molecule has 0 bridgehead atoms. The number of allylic oxidation sites excluding steroid dienone is 1. The van der Waals surface area contributed by atoms with Crippen molar-refractivity contribution in [1.29, 1.82) is 0 Å². The molecule has 2 rings (SSSR count). The van der Waals surface area contributed by atoms with Crippen molar-refractivity contribution in [2.45, 2.75) is 44.8 Å². The standard InChI is InChI=1S/C16H20F3N/c1-2-20-15(12-8-4-3-5-9-12)13-10-6-7-11-14(13)16(17,18)19/h6-8,10-11,15,20H,2-5,9H2,1H3. The third-order valence-corrected chi connectivity index (χ3v) is 3.68. The molecular formula is C16H20F3N. The molecule has 0 fully saturated rings. The molecule has 0 amide bonds. The van der Waals surface area contributed by atoms with Gasteiger partial charge in [0.05, 0.1) is 11.6 Å². The molecule has 1 aromatic carbocycles. The predicted octanol–water partition coefficient (Wildman–Crippen LogP) is 4.86. The lowest BCUT2D eigenvalue weighted by molar-refractivity contribution is -0.138. The van der Waals surface area contributed by atoms with E-state index in [0.717, 1.165) is 31.3 Å². The van der Waals surface area contributed by atoms with Crippen molar-refractivity contribution < 1.29 is 13.2 Å². The maximum absolute atomic E-state index is 13.2. The zero-order chi connectivity index (χ0) is 14.6. The van der Waals surface area contributed by atoms with Crippen LogP contribution in [0.5, 0.6) is 0 Å². The fraction of sp³-hybridized carbons (Fsp3) is 0.500. The van der Waals surface area contributed by atoms with Crippen molar-refractivity contribution in [2.75, 3.05) is 6.54 Å². The summed E-state index contributed by atoms with van der Waals surface area (Å²) < 4.78 is 39.5. The molecule has 0 saturated carbocycles. The van der Waals surface area contributed by atoms with Crippen molar-refractivity contribution in [3.05, 3.63) is 47.0 Å². The lowest BCUT2D eigenvalue weighted by Crippen LogP contribution is -2.26. The first-order valence-corrected chi connectivity index (χ1v) is 7.12. The molecule has 1 aromatic rings. The van der Waals surface area contributed by atoms with E-state index in [1.54, 1.807) is 12.1 Å². The molecule has 0 heterocycles. The summed E-state index contributed by atoms with van der Waals surface area (Å²) in [6, 6.07) is 5.57. The van der Waals surface area contributed by atoms with Crippen LogP contribution >= 0.6 is 0 Å². The van der Waals surface area contributed by atoms with Gasteiger partial charge in [0.25, 0.3) is 0 Å². The summed E-state index contributed by atoms with van der Waals surface area (Å²) in [6.45, 7) is 2.57. The molecule has 110 valence electrons. The molecule has 0 saturated heterocycles. The van der Waals surface area contributed by atoms with Crippen molar-refractivity contribution >= 4 is 0 Å². The summed E-state index contributed by atoms with van der Waals surface area (Å²) in [5.41, 5.74) is 0.905. The van der Waals surface area contributed by atoms with E-state index in [4.69, 9.17) is 0 Å². The van der Waals surface area contributed by atoms with Gasteiger partial charge in [-0.2, -0.15) is 13.2 Å². The average molecular weight is 283 g/mol. The highest BCUT2D eigenvalue weighted by Gasteiger charge is 2.35. The van der Waals surface area contributed by atoms with Crippen LogP contribution in [0.15, 0.2) is 35.9 Å². The van der Waals surface area contributed by atoms with E-state index in [-0.39, 0.29) is 6.04 Å². The van der Waals surface area contributed by atoms with Crippen molar-refractivity contribution in [1.82, 2.24) is 5.32 Å². The van der Waals surface area contributed by atoms with Gasteiger partial charge in [-0.15, -0.1) is 0 Å². The highest BCUT2D eigenvalue weighted by molar-refractivity contribution is 5.37. The number of likely N-dealkylation sites (N-methyl/N-ethyl adjacent to an activating group) is 1. The minimum Gasteiger partial charge on any atom is -0.307 e. The van der Waals surface area contributed by atoms with Crippen LogP contribution in [0, 0.1) is 0 Å². The first kappa shape index (κ1) is 15.1. The Bertz CT molecular complexity index is 477. The van der Waals surface area contributed by atoms with Gasteiger partial charge in [-0.1, -0.05) is 36.8 Å². The van der Waals surface area contributed by atoms with Crippen LogP contribution in [-0.2, 0) is 6.18 Å². The normalized spacial score (nSPS) is 17.7. The first-order valence-electron chi connectivity index (χ1n) is 7.12. The monoisotopic (exact) mass is 283 g/mol. The number of hydrogen-bond donors (Lipinski definition) is 1. The number of alkyl halides is 3. The van der Waals surface area contributed by atoms with Gasteiger partial charge in [0.15, 0.2) is 0 Å². The molecule has 1 N–H and O–H groups in total. The molecule has 1 aliphatic rings. The van der Waals surface area contributed by atoms with Crippen LogP contribution in [0.2, 0.25) is 0 Å². The van der Waals surface area contributed by atoms with Gasteiger partial charge < -0.3 is 5.32 Å². The van der Waals surface area contributed by atoms with E-state index >= 15 is 0 Å². The van der Waals surface area contributed by atoms with Gasteiger partial charge >= 0.3 is 6.18 Å². The van der Waals surface area contributed by atoms with Crippen LogP contribution in [0.1, 0.15) is 49.8 Å². The van der Waals surface area contributed by atoms with Crippen LogP contribution in [-0.4, -0.2) is 6.54 Å². The largest absolute Gasteiger partial charge is 0.416 e. The molecule has 0 spiro atoms. The molecular weight excluding hydrogens is 263 g/mol. The second-order valence-electron chi connectivity index (χ2n) is 5.10. The highest BCUT2D eigenvalue weighted by atomic mass is 19.4. The first-order chi connectivity index (χ1) is 9.54. The Hall–Kier alpha value is -1.29. The zero-order valence-electron chi connectivity index (χ0n) is 11.6. The van der Waals surface area contributed by atoms with Gasteiger partial charge in [0.2, 0.25) is 0 Å². The van der Waals surface area contributed by atoms with Crippen LogP contribution in [0.25, 0.3) is 0 Å². The summed E-state index contributed by atoms with van der Waals surface area (Å²) in [5, 5.41) is 3.21. The molecule has 1 atom stereocenters. The molecule has 4 heteroatoms. The summed E-state index contributed by atoms with van der Waals surface area (Å²) in [7, 11) is 0. The maximum Gasteiger partial charge on any atom is 0.416 e. The Kier molecular flexibility index (Phi) is 4.86. The van der Waals surface area contributed by atoms with Gasteiger partial charge in [0, 0.05) is 0 Å². The molecule has 1 aliphatic carbocycles. The Morgan fingerprint density at radius 2 is 1.95 bits per heavy atom. The third-order valence-electron chi connectivity index (χ3n) is 3.68. The Labute approximate surface area is 117 Å². The number of halogens is 3. The van der Waals surface area contributed by atoms with Crippen LogP contribution < -0.4 is 5.32 Å². The van der Waals surface area contributed by atoms with E-state index in [1.807, 2.05) is 6.92 Å². The molecule has 0 aliphatic heterocycles. The molecule has 20 heavy (non-hydrogen) atoms. The smallest absolute Gasteiger partial charge is 0.307 e. The summed E-state index contributed by atoms with van der Waals surface area (Å²) in [4.78, 5) is 0. The fourth-order valence-electron chi connectivity index (χ4n) is 2.78. The van der Waals surface area contributed by atoms with Gasteiger partial charge in [-0.05, 0) is 43.9 Å². The Morgan fingerprint density at radius 1 is 1.20 bits per heavy atom. The van der Waals surface area contributed by atoms with Gasteiger partial charge in [-0.25, -0.2) is 0 Å². The summed E-state index contributed by atoms with van der Waals surface area (Å²) in [6.07, 6.45) is 1.82. The molecule has 1 unspecified atom stereocenters. The van der Waals surface area contributed by atoms with E-state index in [1.165, 1.54) is 12.1 Å². The summed E-state index contributed by atoms with van der Waals surface area (Å²) in [5.74, 6) is 0. The molecule has 0 aromatic heterocycles. The minimum absolute atomic E-state index is 0.321. The van der Waals surface area contributed by atoms with E-state index in [0.29, 0.717) is 12.1 Å². The number of hydrogen-bond acceptors (Lipinski definition) is 1. The van der Waals surface area contributed by atoms with Crippen molar-refractivity contribution in [3.63, 3.8) is 0 Å². The lowest BCUT2D eigenvalue weighted by atomic mass is 9.87. The average Bonchev–Trinajstić information content (AvgIpc) is 2.45. The Balaban J connectivity index is 2.41. The van der Waals surface area contributed by atoms with Gasteiger partial charge in [-0.3, -0.25) is 0 Å². The molecule has 1 nitrogen and oxygen atoms in total. The second-order valence-corrected chi connectivity index (χ2v) is 5.10. The zero-order valence-corrected chi connectivity index (χ0v) is 11.6. The predicted molar refractivity (Wildman–Crippen MR) is 74.4 cm³/mol. The number of benzene rings is 1. The van der Waals surface area contributed by atoms with Gasteiger partial charge in [0.1, 0.15) is 0 Å². The molecule has 0 radical (unpaired) electrons. The van der Waals surface area contributed by atoms with Crippen molar-refractivity contribution in [2.24, 2.45) is 0 Å². The van der Waals surface area contributed by atoms with E-state index < -0.39 is 11.7 Å². The van der Waals surface area contributed by atoms with Crippen LogP contribution in [0.3, 0.4) is 0 Å². The minimum atomic E-state index is -4.31. The maximum atomic E-state index is 13.2. The quantitative estimate of drug-likeness (QED) is 0.778. The van der Waals surface area contributed by atoms with E-state index in [2.05, 4.69) is 11.4 Å². The van der Waals surface area contributed by atoms with Crippen LogP contribution in [0.4, 0.5) is 13.2 Å². The van der Waals surface area contributed by atoms with E-state index in [9.17, 15) is 13.2 Å². The summed E-state index contributed by atoms with van der Waals surface area (Å²) >= 11 is 0. The van der Waals surface area contributed by atoms with Crippen molar-refractivity contribution in [3.8, 4) is 0 Å². The fourth-order valence-corrected chi connectivity index (χ4v) is 2.78. The third kappa shape index (κ3) is 3.42. The Morgan fingerprint density at radius 3 is 2.55 bits per heavy atom.